The Kier molecular flexibility index (Phi) is 3.33. The topological polar surface area (TPSA) is 83.6 Å². The fraction of sp³-hybridized carbons (Fsp3) is 0.385. The predicted octanol–water partition coefficient (Wildman–Crippen LogP) is 1.40. The number of hydrogen-bond acceptors (Lipinski definition) is 4. The van der Waals surface area contributed by atoms with E-state index in [1.54, 1.807) is 19.1 Å². The number of nitrogens with zero attached hydrogens (tertiary/aromatic N) is 1. The molecule has 0 radical (unpaired) electrons. The van der Waals surface area contributed by atoms with Crippen LogP contribution in [-0.2, 0) is 14.8 Å². The summed E-state index contributed by atoms with van der Waals surface area (Å²) in [5, 5.41) is 2.43. The van der Waals surface area contributed by atoms with Crippen LogP contribution in [0.4, 0.5) is 4.79 Å². The van der Waals surface area contributed by atoms with Gasteiger partial charge in [-0.1, -0.05) is 24.6 Å². The highest BCUT2D eigenvalue weighted by molar-refractivity contribution is 7.90. The lowest BCUT2D eigenvalue weighted by molar-refractivity contribution is -0.127. The molecule has 0 aromatic heterocycles. The minimum Gasteiger partial charge on any atom is -0.322 e. The van der Waals surface area contributed by atoms with Crippen LogP contribution in [0.25, 0.3) is 0 Å². The smallest absolute Gasteiger partial charge is 0.322 e. The van der Waals surface area contributed by atoms with Gasteiger partial charge < -0.3 is 5.32 Å². The Morgan fingerprint density at radius 2 is 1.75 bits per heavy atom. The van der Waals surface area contributed by atoms with Crippen LogP contribution >= 0.6 is 0 Å². The first-order valence-electron chi connectivity index (χ1n) is 6.21. The summed E-state index contributed by atoms with van der Waals surface area (Å²) in [7, 11) is -4.16. The van der Waals surface area contributed by atoms with Crippen LogP contribution in [-0.4, -0.2) is 30.2 Å². The van der Waals surface area contributed by atoms with Crippen LogP contribution in [0.3, 0.4) is 0 Å². The SMILES string of the molecule is CCC1(C)NC(=O)N(S(=O)(=O)c2ccc(C)cc2)C1=O. The standard InChI is InChI=1S/C13H16N2O4S/c1-4-13(3)11(16)15(12(17)14-13)20(18,19)10-7-5-9(2)6-8-10/h5-8H,4H2,1-3H3,(H,14,17). The maximum Gasteiger partial charge on any atom is 0.339 e. The van der Waals surface area contributed by atoms with Crippen molar-refractivity contribution in [2.24, 2.45) is 0 Å². The zero-order valence-electron chi connectivity index (χ0n) is 11.5. The second-order valence-corrected chi connectivity index (χ2v) is 6.79. The Bertz CT molecular complexity index is 666. The second-order valence-electron chi connectivity index (χ2n) is 5.00. The highest BCUT2D eigenvalue weighted by atomic mass is 32.2. The third kappa shape index (κ3) is 2.07. The summed E-state index contributed by atoms with van der Waals surface area (Å²) in [6.45, 7) is 5.04. The first-order valence-corrected chi connectivity index (χ1v) is 7.65. The summed E-state index contributed by atoms with van der Waals surface area (Å²) in [5.74, 6) is -0.745. The van der Waals surface area contributed by atoms with Gasteiger partial charge in [-0.15, -0.1) is 4.31 Å². The lowest BCUT2D eigenvalue weighted by Crippen LogP contribution is -2.43. The van der Waals surface area contributed by atoms with Crippen molar-refractivity contribution in [2.75, 3.05) is 0 Å². The Labute approximate surface area is 117 Å². The zero-order valence-corrected chi connectivity index (χ0v) is 12.3. The lowest BCUT2D eigenvalue weighted by Gasteiger charge is -2.19. The van der Waals surface area contributed by atoms with E-state index in [-0.39, 0.29) is 4.90 Å². The van der Waals surface area contributed by atoms with E-state index in [2.05, 4.69) is 5.32 Å². The molecule has 0 bridgehead atoms. The van der Waals surface area contributed by atoms with Gasteiger partial charge in [0.05, 0.1) is 4.90 Å². The first-order chi connectivity index (χ1) is 9.22. The summed E-state index contributed by atoms with van der Waals surface area (Å²) in [6.07, 6.45) is 0.317. The normalized spacial score (nSPS) is 23.1. The quantitative estimate of drug-likeness (QED) is 0.855. The third-order valence-electron chi connectivity index (χ3n) is 3.49. The first kappa shape index (κ1) is 14.5. The molecule has 0 aliphatic carbocycles. The average molecular weight is 296 g/mol. The zero-order chi connectivity index (χ0) is 15.1. The van der Waals surface area contributed by atoms with Crippen LogP contribution in [0.15, 0.2) is 29.2 Å². The van der Waals surface area contributed by atoms with Gasteiger partial charge in [-0.3, -0.25) is 4.79 Å². The molecule has 3 amide bonds. The van der Waals surface area contributed by atoms with Gasteiger partial charge in [0.1, 0.15) is 5.54 Å². The minimum absolute atomic E-state index is 0.0769. The number of carbonyl (C=O) groups is 2. The van der Waals surface area contributed by atoms with Gasteiger partial charge in [0.25, 0.3) is 15.9 Å². The molecule has 0 saturated carbocycles. The number of urea groups is 1. The molecule has 0 spiro atoms. The van der Waals surface area contributed by atoms with Crippen molar-refractivity contribution in [3.8, 4) is 0 Å². The molecule has 1 atom stereocenters. The van der Waals surface area contributed by atoms with E-state index < -0.39 is 27.5 Å². The van der Waals surface area contributed by atoms with Gasteiger partial charge >= 0.3 is 6.03 Å². The maximum atomic E-state index is 12.4. The van der Waals surface area contributed by atoms with Crippen molar-refractivity contribution < 1.29 is 18.0 Å². The van der Waals surface area contributed by atoms with Gasteiger partial charge in [0.2, 0.25) is 0 Å². The molecular weight excluding hydrogens is 280 g/mol. The Morgan fingerprint density at radius 1 is 1.20 bits per heavy atom. The van der Waals surface area contributed by atoms with E-state index in [1.165, 1.54) is 19.1 Å². The molecule has 1 heterocycles. The molecule has 1 saturated heterocycles. The molecule has 1 aliphatic rings. The van der Waals surface area contributed by atoms with Crippen molar-refractivity contribution in [3.05, 3.63) is 29.8 Å². The fourth-order valence-electron chi connectivity index (χ4n) is 1.93. The largest absolute Gasteiger partial charge is 0.339 e. The van der Waals surface area contributed by atoms with Crippen molar-refractivity contribution in [3.63, 3.8) is 0 Å². The molecule has 1 unspecified atom stereocenters. The number of rotatable bonds is 3. The summed E-state index contributed by atoms with van der Waals surface area (Å²) in [5.41, 5.74) is -0.283. The molecule has 6 nitrogen and oxygen atoms in total. The minimum atomic E-state index is -4.16. The number of carbonyl (C=O) groups excluding carboxylic acids is 2. The van der Waals surface area contributed by atoms with E-state index >= 15 is 0 Å². The van der Waals surface area contributed by atoms with Crippen molar-refractivity contribution in [2.45, 2.75) is 37.6 Å². The predicted molar refractivity (Wildman–Crippen MR) is 72.4 cm³/mol. The molecule has 1 aliphatic heterocycles. The highest BCUT2D eigenvalue weighted by Crippen LogP contribution is 2.27. The van der Waals surface area contributed by atoms with Crippen LogP contribution in [0.2, 0.25) is 0 Å². The number of hydrogen-bond donors (Lipinski definition) is 1. The van der Waals surface area contributed by atoms with Crippen molar-refractivity contribution in [1.29, 1.82) is 0 Å². The fourth-order valence-corrected chi connectivity index (χ4v) is 3.30. The number of benzene rings is 1. The number of aryl methyl sites for hydroxylation is 1. The molecule has 1 aromatic rings. The second kappa shape index (κ2) is 4.59. The molecule has 2 rings (SSSR count). The maximum absolute atomic E-state index is 12.4. The van der Waals surface area contributed by atoms with E-state index in [0.717, 1.165) is 5.56 Å². The molecule has 1 N–H and O–H groups in total. The Hall–Kier alpha value is -1.89. The summed E-state index contributed by atoms with van der Waals surface area (Å²) >= 11 is 0. The average Bonchev–Trinajstić information content (AvgIpc) is 2.61. The van der Waals surface area contributed by atoms with Crippen LogP contribution < -0.4 is 5.32 Å². The summed E-state index contributed by atoms with van der Waals surface area (Å²) in [4.78, 5) is 24.0. The number of imide groups is 1. The summed E-state index contributed by atoms with van der Waals surface area (Å²) < 4.78 is 25.1. The van der Waals surface area contributed by atoms with Gasteiger partial charge in [-0.05, 0) is 32.4 Å². The summed E-state index contributed by atoms with van der Waals surface area (Å²) in [6, 6.07) is 5.09. The van der Waals surface area contributed by atoms with E-state index in [4.69, 9.17) is 0 Å². The van der Waals surface area contributed by atoms with Gasteiger partial charge in [0.15, 0.2) is 0 Å². The number of amides is 3. The Morgan fingerprint density at radius 3 is 2.20 bits per heavy atom. The molecule has 20 heavy (non-hydrogen) atoms. The van der Waals surface area contributed by atoms with E-state index in [0.29, 0.717) is 10.7 Å². The molecule has 1 fully saturated rings. The monoisotopic (exact) mass is 296 g/mol. The van der Waals surface area contributed by atoms with Gasteiger partial charge in [0, 0.05) is 0 Å². The number of sulfonamides is 1. The van der Waals surface area contributed by atoms with Crippen LogP contribution in [0, 0.1) is 6.92 Å². The Balaban J connectivity index is 2.48. The van der Waals surface area contributed by atoms with E-state index in [1.807, 2.05) is 6.92 Å². The van der Waals surface area contributed by atoms with Crippen molar-refractivity contribution >= 4 is 22.0 Å². The number of nitrogens with one attached hydrogen (secondary N) is 1. The molecule has 108 valence electrons. The third-order valence-corrected chi connectivity index (χ3v) is 5.17. The van der Waals surface area contributed by atoms with E-state index in [9.17, 15) is 18.0 Å². The van der Waals surface area contributed by atoms with Gasteiger partial charge in [-0.25, -0.2) is 13.2 Å². The molecule has 1 aromatic carbocycles. The van der Waals surface area contributed by atoms with Crippen LogP contribution in [0.5, 0.6) is 0 Å². The lowest BCUT2D eigenvalue weighted by atomic mass is 10.0. The van der Waals surface area contributed by atoms with Gasteiger partial charge in [-0.2, -0.15) is 0 Å². The van der Waals surface area contributed by atoms with Crippen molar-refractivity contribution in [1.82, 2.24) is 9.62 Å². The van der Waals surface area contributed by atoms with Crippen LogP contribution in [0.1, 0.15) is 25.8 Å². The molecule has 7 heteroatoms. The highest BCUT2D eigenvalue weighted by Gasteiger charge is 2.52. The molecular formula is C13H16N2O4S.